The molecule has 1 aliphatic rings. The van der Waals surface area contributed by atoms with E-state index in [0.29, 0.717) is 5.92 Å². The molecule has 0 aliphatic carbocycles. The SMILES string of the molecule is Cc1cccc(/C=C/C(=O)N2CCC(CCO)C2)c1. The highest BCUT2D eigenvalue weighted by atomic mass is 16.3. The Labute approximate surface area is 114 Å². The fourth-order valence-corrected chi connectivity index (χ4v) is 2.50. The van der Waals surface area contributed by atoms with Gasteiger partial charge in [-0.3, -0.25) is 4.79 Å². The molecule has 3 heteroatoms. The molecule has 1 unspecified atom stereocenters. The highest BCUT2D eigenvalue weighted by Gasteiger charge is 2.24. The first-order valence-electron chi connectivity index (χ1n) is 6.83. The molecule has 1 heterocycles. The van der Waals surface area contributed by atoms with Crippen LogP contribution in [-0.2, 0) is 4.79 Å². The molecular weight excluding hydrogens is 238 g/mol. The fourth-order valence-electron chi connectivity index (χ4n) is 2.50. The van der Waals surface area contributed by atoms with Gasteiger partial charge in [0.1, 0.15) is 0 Å². The average Bonchev–Trinajstić information content (AvgIpc) is 2.85. The van der Waals surface area contributed by atoms with E-state index in [9.17, 15) is 4.79 Å². The third kappa shape index (κ3) is 3.93. The van der Waals surface area contributed by atoms with Crippen molar-refractivity contribution in [3.63, 3.8) is 0 Å². The third-order valence-electron chi connectivity index (χ3n) is 3.60. The lowest BCUT2D eigenvalue weighted by Gasteiger charge is -2.13. The Bertz CT molecular complexity index is 468. The van der Waals surface area contributed by atoms with Gasteiger partial charge in [0.2, 0.25) is 5.91 Å². The maximum atomic E-state index is 12.0. The molecule has 0 saturated carbocycles. The van der Waals surface area contributed by atoms with Gasteiger partial charge in [0, 0.05) is 25.8 Å². The molecule has 1 fully saturated rings. The number of aliphatic hydroxyl groups is 1. The smallest absolute Gasteiger partial charge is 0.246 e. The molecule has 102 valence electrons. The van der Waals surface area contributed by atoms with Crippen LogP contribution < -0.4 is 0 Å². The van der Waals surface area contributed by atoms with E-state index in [1.807, 2.05) is 36.1 Å². The predicted molar refractivity (Wildman–Crippen MR) is 76.6 cm³/mol. The lowest BCUT2D eigenvalue weighted by molar-refractivity contribution is -0.125. The molecule has 1 N–H and O–H groups in total. The predicted octanol–water partition coefficient (Wildman–Crippen LogP) is 2.24. The fraction of sp³-hybridized carbons (Fsp3) is 0.438. The van der Waals surface area contributed by atoms with E-state index in [4.69, 9.17) is 5.11 Å². The van der Waals surface area contributed by atoms with Crippen molar-refractivity contribution in [1.82, 2.24) is 4.90 Å². The standard InChI is InChI=1S/C16H21NO2/c1-13-3-2-4-14(11-13)5-6-16(19)17-9-7-15(12-17)8-10-18/h2-6,11,15,18H,7-10,12H2,1H3/b6-5+. The summed E-state index contributed by atoms with van der Waals surface area (Å²) >= 11 is 0. The first-order valence-corrected chi connectivity index (χ1v) is 6.83. The van der Waals surface area contributed by atoms with Crippen LogP contribution in [0.3, 0.4) is 0 Å². The molecule has 0 radical (unpaired) electrons. The van der Waals surface area contributed by atoms with Gasteiger partial charge >= 0.3 is 0 Å². The van der Waals surface area contributed by atoms with Crippen LogP contribution in [0.25, 0.3) is 6.08 Å². The summed E-state index contributed by atoms with van der Waals surface area (Å²) in [4.78, 5) is 13.9. The zero-order chi connectivity index (χ0) is 13.7. The molecule has 19 heavy (non-hydrogen) atoms. The van der Waals surface area contributed by atoms with Crippen molar-refractivity contribution in [2.45, 2.75) is 19.8 Å². The van der Waals surface area contributed by atoms with E-state index >= 15 is 0 Å². The van der Waals surface area contributed by atoms with Crippen molar-refractivity contribution < 1.29 is 9.90 Å². The lowest BCUT2D eigenvalue weighted by atomic mass is 10.1. The molecule has 1 atom stereocenters. The number of aliphatic hydroxyl groups excluding tert-OH is 1. The van der Waals surface area contributed by atoms with Crippen LogP contribution in [-0.4, -0.2) is 35.6 Å². The summed E-state index contributed by atoms with van der Waals surface area (Å²) < 4.78 is 0. The van der Waals surface area contributed by atoms with Crippen LogP contribution in [0.1, 0.15) is 24.0 Å². The van der Waals surface area contributed by atoms with E-state index in [1.54, 1.807) is 6.08 Å². The molecule has 1 amide bonds. The summed E-state index contributed by atoms with van der Waals surface area (Å²) in [6.07, 6.45) is 5.32. The highest BCUT2D eigenvalue weighted by molar-refractivity contribution is 5.91. The van der Waals surface area contributed by atoms with Gasteiger partial charge in [-0.05, 0) is 37.3 Å². The zero-order valence-electron chi connectivity index (χ0n) is 11.4. The Kier molecular flexibility index (Phi) is 4.74. The molecule has 1 saturated heterocycles. The molecule has 3 nitrogen and oxygen atoms in total. The summed E-state index contributed by atoms with van der Waals surface area (Å²) in [7, 11) is 0. The Morgan fingerprint density at radius 2 is 2.37 bits per heavy atom. The van der Waals surface area contributed by atoms with Gasteiger partial charge in [-0.25, -0.2) is 0 Å². The second-order valence-corrected chi connectivity index (χ2v) is 5.20. The maximum absolute atomic E-state index is 12.0. The quantitative estimate of drug-likeness (QED) is 0.842. The molecule has 1 aromatic rings. The Morgan fingerprint density at radius 1 is 1.53 bits per heavy atom. The Balaban J connectivity index is 1.91. The minimum Gasteiger partial charge on any atom is -0.396 e. The molecule has 0 aromatic heterocycles. The van der Waals surface area contributed by atoms with Crippen LogP contribution in [0.4, 0.5) is 0 Å². The van der Waals surface area contributed by atoms with Crippen molar-refractivity contribution in [2.75, 3.05) is 19.7 Å². The summed E-state index contributed by atoms with van der Waals surface area (Å²) in [5, 5.41) is 8.91. The summed E-state index contributed by atoms with van der Waals surface area (Å²) in [5.74, 6) is 0.531. The van der Waals surface area contributed by atoms with Gasteiger partial charge < -0.3 is 10.0 Å². The summed E-state index contributed by atoms with van der Waals surface area (Å²) in [5.41, 5.74) is 2.25. The van der Waals surface area contributed by atoms with Crippen LogP contribution in [0.2, 0.25) is 0 Å². The van der Waals surface area contributed by atoms with E-state index in [-0.39, 0.29) is 12.5 Å². The number of rotatable bonds is 4. The highest BCUT2D eigenvalue weighted by Crippen LogP contribution is 2.19. The Morgan fingerprint density at radius 3 is 3.11 bits per heavy atom. The molecule has 1 aromatic carbocycles. The van der Waals surface area contributed by atoms with Gasteiger partial charge in [0.05, 0.1) is 0 Å². The number of carbonyl (C=O) groups is 1. The van der Waals surface area contributed by atoms with Crippen molar-refractivity contribution in [2.24, 2.45) is 5.92 Å². The minimum atomic E-state index is 0.0712. The topological polar surface area (TPSA) is 40.5 Å². The molecule has 1 aliphatic heterocycles. The van der Waals surface area contributed by atoms with Crippen LogP contribution in [0.15, 0.2) is 30.3 Å². The normalized spacial score (nSPS) is 19.3. The maximum Gasteiger partial charge on any atom is 0.246 e. The summed E-state index contributed by atoms with van der Waals surface area (Å²) in [6.45, 7) is 3.84. The first-order chi connectivity index (χ1) is 9.19. The largest absolute Gasteiger partial charge is 0.396 e. The molecule has 0 spiro atoms. The minimum absolute atomic E-state index is 0.0712. The van der Waals surface area contributed by atoms with E-state index < -0.39 is 0 Å². The summed E-state index contributed by atoms with van der Waals surface area (Å²) in [6, 6.07) is 8.09. The Hall–Kier alpha value is -1.61. The number of likely N-dealkylation sites (tertiary alicyclic amines) is 1. The van der Waals surface area contributed by atoms with E-state index in [1.165, 1.54) is 5.56 Å². The number of nitrogens with zero attached hydrogens (tertiary/aromatic N) is 1. The zero-order valence-corrected chi connectivity index (χ0v) is 11.4. The van der Waals surface area contributed by atoms with E-state index in [2.05, 4.69) is 6.07 Å². The third-order valence-corrected chi connectivity index (χ3v) is 3.60. The number of amides is 1. The van der Waals surface area contributed by atoms with Crippen LogP contribution in [0, 0.1) is 12.8 Å². The van der Waals surface area contributed by atoms with Crippen molar-refractivity contribution >= 4 is 12.0 Å². The number of aryl methyl sites for hydroxylation is 1. The van der Waals surface area contributed by atoms with Crippen LogP contribution >= 0.6 is 0 Å². The number of carbonyl (C=O) groups excluding carboxylic acids is 1. The number of benzene rings is 1. The lowest BCUT2D eigenvalue weighted by Crippen LogP contribution is -2.26. The van der Waals surface area contributed by atoms with Crippen molar-refractivity contribution in [3.05, 3.63) is 41.5 Å². The van der Waals surface area contributed by atoms with Crippen LogP contribution in [0.5, 0.6) is 0 Å². The second kappa shape index (κ2) is 6.53. The van der Waals surface area contributed by atoms with Gasteiger partial charge in [-0.2, -0.15) is 0 Å². The van der Waals surface area contributed by atoms with Gasteiger partial charge in [-0.1, -0.05) is 29.8 Å². The number of hydrogen-bond acceptors (Lipinski definition) is 2. The molecule has 0 bridgehead atoms. The number of hydrogen-bond donors (Lipinski definition) is 1. The first kappa shape index (κ1) is 13.8. The van der Waals surface area contributed by atoms with Gasteiger partial charge in [0.25, 0.3) is 0 Å². The molecular formula is C16H21NO2. The average molecular weight is 259 g/mol. The van der Waals surface area contributed by atoms with Gasteiger partial charge in [0.15, 0.2) is 0 Å². The second-order valence-electron chi connectivity index (χ2n) is 5.20. The monoisotopic (exact) mass is 259 g/mol. The van der Waals surface area contributed by atoms with Gasteiger partial charge in [-0.15, -0.1) is 0 Å². The molecule has 2 rings (SSSR count). The van der Waals surface area contributed by atoms with Crippen molar-refractivity contribution in [1.29, 1.82) is 0 Å². The van der Waals surface area contributed by atoms with Crippen molar-refractivity contribution in [3.8, 4) is 0 Å². The van der Waals surface area contributed by atoms with E-state index in [0.717, 1.165) is 31.5 Å².